The second-order valence-electron chi connectivity index (χ2n) is 4.00. The fourth-order valence-corrected chi connectivity index (χ4v) is 2.13. The monoisotopic (exact) mass is 341 g/mol. The van der Waals surface area contributed by atoms with E-state index in [9.17, 15) is 9.18 Å². The van der Waals surface area contributed by atoms with Crippen molar-refractivity contribution >= 4 is 39.1 Å². The van der Waals surface area contributed by atoms with Crippen LogP contribution in [0.1, 0.15) is 15.9 Å². The topological polar surface area (TPSA) is 29.1 Å². The number of benzene rings is 2. The molecule has 0 bridgehead atoms. The van der Waals surface area contributed by atoms with E-state index in [2.05, 4.69) is 21.2 Å². The minimum absolute atomic E-state index is 0.253. The molecule has 0 aliphatic heterocycles. The van der Waals surface area contributed by atoms with Gasteiger partial charge in [0.2, 0.25) is 0 Å². The molecule has 0 aliphatic carbocycles. The Hall–Kier alpha value is -1.39. The van der Waals surface area contributed by atoms with Crippen LogP contribution in [0.5, 0.6) is 0 Å². The largest absolute Gasteiger partial charge is 0.322 e. The van der Waals surface area contributed by atoms with Crippen LogP contribution in [-0.4, -0.2) is 5.91 Å². The maximum absolute atomic E-state index is 13.1. The van der Waals surface area contributed by atoms with E-state index < -0.39 is 5.82 Å². The van der Waals surface area contributed by atoms with Gasteiger partial charge in [0.25, 0.3) is 5.91 Å². The van der Waals surface area contributed by atoms with Gasteiger partial charge in [-0.15, -0.1) is 0 Å². The molecule has 0 atom stereocenters. The number of amides is 1. The fraction of sp³-hybridized carbons (Fsp3) is 0.0714. The maximum atomic E-state index is 13.1. The van der Waals surface area contributed by atoms with Gasteiger partial charge in [0, 0.05) is 16.3 Å². The SMILES string of the molecule is Cc1c(Cl)cccc1NC(=O)c1ccc(F)c(Br)c1. The predicted octanol–water partition coefficient (Wildman–Crippen LogP) is 4.80. The first kappa shape index (κ1) is 14.0. The molecule has 0 fully saturated rings. The van der Waals surface area contributed by atoms with Crippen LogP contribution < -0.4 is 5.32 Å². The highest BCUT2D eigenvalue weighted by Crippen LogP contribution is 2.24. The van der Waals surface area contributed by atoms with E-state index in [0.717, 1.165) is 5.56 Å². The standard InChI is InChI=1S/C14H10BrClFNO/c1-8-11(16)3-2-4-13(8)18-14(19)9-5-6-12(17)10(15)7-9/h2-7H,1H3,(H,18,19). The lowest BCUT2D eigenvalue weighted by molar-refractivity contribution is 0.102. The third kappa shape index (κ3) is 3.14. The molecule has 19 heavy (non-hydrogen) atoms. The Balaban J connectivity index is 2.26. The van der Waals surface area contributed by atoms with Crippen LogP contribution in [0.25, 0.3) is 0 Å². The summed E-state index contributed by atoms with van der Waals surface area (Å²) >= 11 is 9.03. The van der Waals surface area contributed by atoms with Crippen molar-refractivity contribution in [3.05, 3.63) is 62.8 Å². The quantitative estimate of drug-likeness (QED) is 0.834. The first-order valence-electron chi connectivity index (χ1n) is 5.50. The molecule has 1 N–H and O–H groups in total. The van der Waals surface area contributed by atoms with Crippen LogP contribution in [-0.2, 0) is 0 Å². The average Bonchev–Trinajstić information content (AvgIpc) is 2.38. The molecule has 0 heterocycles. The van der Waals surface area contributed by atoms with Crippen LogP contribution in [0.3, 0.4) is 0 Å². The number of carbonyl (C=O) groups is 1. The first-order chi connectivity index (χ1) is 8.99. The summed E-state index contributed by atoms with van der Waals surface area (Å²) < 4.78 is 13.4. The van der Waals surface area contributed by atoms with Crippen LogP contribution in [0.15, 0.2) is 40.9 Å². The Morgan fingerprint density at radius 3 is 2.74 bits per heavy atom. The third-order valence-corrected chi connectivity index (χ3v) is 3.71. The molecule has 0 radical (unpaired) electrons. The molecule has 2 aromatic rings. The highest BCUT2D eigenvalue weighted by molar-refractivity contribution is 9.10. The maximum Gasteiger partial charge on any atom is 0.255 e. The summed E-state index contributed by atoms with van der Waals surface area (Å²) in [6, 6.07) is 9.37. The summed E-state index contributed by atoms with van der Waals surface area (Å²) in [5.41, 5.74) is 1.80. The van der Waals surface area contributed by atoms with Gasteiger partial charge in [0.05, 0.1) is 4.47 Å². The Morgan fingerprint density at radius 2 is 2.05 bits per heavy atom. The summed E-state index contributed by atoms with van der Waals surface area (Å²) in [4.78, 5) is 12.0. The summed E-state index contributed by atoms with van der Waals surface area (Å²) in [5.74, 6) is -0.721. The van der Waals surface area contributed by atoms with E-state index >= 15 is 0 Å². The summed E-state index contributed by atoms with van der Waals surface area (Å²) in [6.07, 6.45) is 0. The molecule has 0 unspecified atom stereocenters. The number of hydrogen-bond donors (Lipinski definition) is 1. The van der Waals surface area contributed by atoms with E-state index in [4.69, 9.17) is 11.6 Å². The first-order valence-corrected chi connectivity index (χ1v) is 6.67. The van der Waals surface area contributed by atoms with Gasteiger partial charge in [-0.2, -0.15) is 0 Å². The molecule has 0 saturated carbocycles. The zero-order chi connectivity index (χ0) is 14.0. The van der Waals surface area contributed by atoms with Crippen molar-refractivity contribution in [1.29, 1.82) is 0 Å². The molecular weight excluding hydrogens is 333 g/mol. The van der Waals surface area contributed by atoms with Crippen molar-refractivity contribution in [2.24, 2.45) is 0 Å². The molecular formula is C14H10BrClFNO. The third-order valence-electron chi connectivity index (χ3n) is 2.70. The zero-order valence-electron chi connectivity index (χ0n) is 10.0. The number of hydrogen-bond acceptors (Lipinski definition) is 1. The highest BCUT2D eigenvalue weighted by Gasteiger charge is 2.10. The Bertz CT molecular complexity index is 645. The van der Waals surface area contributed by atoms with E-state index in [0.29, 0.717) is 16.3 Å². The van der Waals surface area contributed by atoms with Gasteiger partial charge in [0.1, 0.15) is 5.82 Å². The number of nitrogens with one attached hydrogen (secondary N) is 1. The zero-order valence-corrected chi connectivity index (χ0v) is 12.3. The second kappa shape index (κ2) is 5.72. The van der Waals surface area contributed by atoms with Crippen LogP contribution in [0, 0.1) is 12.7 Å². The van der Waals surface area contributed by atoms with E-state index in [-0.39, 0.29) is 10.4 Å². The van der Waals surface area contributed by atoms with Crippen molar-refractivity contribution in [3.8, 4) is 0 Å². The van der Waals surface area contributed by atoms with Gasteiger partial charge < -0.3 is 5.32 Å². The summed E-state index contributed by atoms with van der Waals surface area (Å²) in [5, 5.41) is 3.33. The number of anilines is 1. The van der Waals surface area contributed by atoms with Crippen molar-refractivity contribution in [3.63, 3.8) is 0 Å². The molecule has 0 aliphatic rings. The van der Waals surface area contributed by atoms with Gasteiger partial charge >= 0.3 is 0 Å². The van der Waals surface area contributed by atoms with E-state index in [1.807, 2.05) is 6.92 Å². The predicted molar refractivity (Wildman–Crippen MR) is 78.2 cm³/mol. The van der Waals surface area contributed by atoms with Gasteiger partial charge in [-0.1, -0.05) is 17.7 Å². The minimum atomic E-state index is -0.407. The highest BCUT2D eigenvalue weighted by atomic mass is 79.9. The molecule has 0 spiro atoms. The Morgan fingerprint density at radius 1 is 1.32 bits per heavy atom. The van der Waals surface area contributed by atoms with Crippen LogP contribution >= 0.6 is 27.5 Å². The number of carbonyl (C=O) groups excluding carboxylic acids is 1. The van der Waals surface area contributed by atoms with Gasteiger partial charge in [-0.05, 0) is 58.7 Å². The van der Waals surface area contributed by atoms with Crippen LogP contribution in [0.2, 0.25) is 5.02 Å². The fourth-order valence-electron chi connectivity index (χ4n) is 1.57. The second-order valence-corrected chi connectivity index (χ2v) is 5.26. The van der Waals surface area contributed by atoms with Gasteiger partial charge in [-0.3, -0.25) is 4.79 Å². The lowest BCUT2D eigenvalue weighted by Gasteiger charge is -2.09. The molecule has 2 nitrogen and oxygen atoms in total. The lowest BCUT2D eigenvalue weighted by atomic mass is 10.1. The molecule has 0 aromatic heterocycles. The molecule has 2 aromatic carbocycles. The Labute approximate surface area is 123 Å². The van der Waals surface area contributed by atoms with E-state index in [1.165, 1.54) is 18.2 Å². The van der Waals surface area contributed by atoms with E-state index in [1.54, 1.807) is 18.2 Å². The van der Waals surface area contributed by atoms with Crippen molar-refractivity contribution in [1.82, 2.24) is 0 Å². The lowest BCUT2D eigenvalue weighted by Crippen LogP contribution is -2.13. The van der Waals surface area contributed by atoms with Crippen molar-refractivity contribution in [2.45, 2.75) is 6.92 Å². The number of rotatable bonds is 2. The minimum Gasteiger partial charge on any atom is -0.322 e. The molecule has 0 saturated heterocycles. The van der Waals surface area contributed by atoms with Gasteiger partial charge in [-0.25, -0.2) is 4.39 Å². The smallest absolute Gasteiger partial charge is 0.255 e. The normalized spacial score (nSPS) is 10.3. The summed E-state index contributed by atoms with van der Waals surface area (Å²) in [7, 11) is 0. The molecule has 2 rings (SSSR count). The van der Waals surface area contributed by atoms with Gasteiger partial charge in [0.15, 0.2) is 0 Å². The molecule has 98 valence electrons. The summed E-state index contributed by atoms with van der Waals surface area (Å²) in [6.45, 7) is 1.82. The van der Waals surface area contributed by atoms with Crippen molar-refractivity contribution < 1.29 is 9.18 Å². The number of halogens is 3. The van der Waals surface area contributed by atoms with Crippen molar-refractivity contribution in [2.75, 3.05) is 5.32 Å². The molecule has 5 heteroatoms. The molecule has 1 amide bonds. The van der Waals surface area contributed by atoms with Crippen LogP contribution in [0.4, 0.5) is 10.1 Å². The average molecular weight is 343 g/mol. The Kier molecular flexibility index (Phi) is 4.22.